The van der Waals surface area contributed by atoms with Gasteiger partial charge in [-0.25, -0.2) is 4.79 Å². The summed E-state index contributed by atoms with van der Waals surface area (Å²) in [5.74, 6) is 0.334. The van der Waals surface area contributed by atoms with Crippen LogP contribution in [-0.4, -0.2) is 33.7 Å². The largest absolute Gasteiger partial charge is 0.511 e. The van der Waals surface area contributed by atoms with E-state index in [2.05, 4.69) is 15.2 Å². The predicted molar refractivity (Wildman–Crippen MR) is 83.1 cm³/mol. The maximum atomic E-state index is 11.5. The van der Waals surface area contributed by atoms with Gasteiger partial charge in [-0.2, -0.15) is 0 Å². The molecule has 0 fully saturated rings. The van der Waals surface area contributed by atoms with E-state index in [1.165, 1.54) is 6.07 Å². The molecule has 122 valence electrons. The summed E-state index contributed by atoms with van der Waals surface area (Å²) < 4.78 is 15.5. The Bertz CT molecular complexity index is 667. The number of pyridine rings is 1. The first-order valence-corrected chi connectivity index (χ1v) is 7.31. The van der Waals surface area contributed by atoms with E-state index < -0.39 is 12.4 Å². The maximum absolute atomic E-state index is 11.5. The van der Waals surface area contributed by atoms with Crippen LogP contribution in [0.25, 0.3) is 11.3 Å². The van der Waals surface area contributed by atoms with Crippen LogP contribution in [0.4, 0.5) is 4.79 Å². The summed E-state index contributed by atoms with van der Waals surface area (Å²) in [6, 6.07) is 5.00. The van der Waals surface area contributed by atoms with Gasteiger partial charge in [0.1, 0.15) is 5.69 Å². The molecule has 0 bridgehead atoms. The van der Waals surface area contributed by atoms with Crippen molar-refractivity contribution >= 4 is 17.8 Å². The number of carbonyl (C=O) groups is 1. The molecule has 1 atom stereocenters. The lowest BCUT2D eigenvalue weighted by atomic mass is 10.2. The van der Waals surface area contributed by atoms with Crippen LogP contribution in [0.15, 0.2) is 30.6 Å². The molecule has 2 aromatic rings. The molecule has 2 rings (SSSR count). The molecule has 8 heteroatoms. The zero-order chi connectivity index (χ0) is 16.8. The van der Waals surface area contributed by atoms with Gasteiger partial charge in [-0.15, -0.1) is 10.2 Å². The van der Waals surface area contributed by atoms with Gasteiger partial charge in [0.2, 0.25) is 6.29 Å². The van der Waals surface area contributed by atoms with Crippen LogP contribution >= 0.6 is 11.6 Å². The summed E-state index contributed by atoms with van der Waals surface area (Å²) in [6.07, 6.45) is 1.26. The van der Waals surface area contributed by atoms with Gasteiger partial charge in [0, 0.05) is 30.9 Å². The average Bonchev–Trinajstić information content (AvgIpc) is 2.47. The lowest BCUT2D eigenvalue weighted by Gasteiger charge is -2.17. The van der Waals surface area contributed by atoms with Crippen molar-refractivity contribution < 1.29 is 19.0 Å². The number of rotatable bonds is 5. The van der Waals surface area contributed by atoms with Crippen molar-refractivity contribution in [2.75, 3.05) is 0 Å². The number of hydrogen-bond acceptors (Lipinski definition) is 7. The highest BCUT2D eigenvalue weighted by molar-refractivity contribution is 6.29. The average molecular weight is 338 g/mol. The van der Waals surface area contributed by atoms with E-state index >= 15 is 0 Å². The third-order valence-corrected chi connectivity index (χ3v) is 2.75. The van der Waals surface area contributed by atoms with Crippen molar-refractivity contribution in [3.05, 3.63) is 35.7 Å². The molecule has 0 aliphatic rings. The number of aromatic nitrogens is 3. The first-order valence-electron chi connectivity index (χ1n) is 6.93. The molecule has 0 amide bonds. The van der Waals surface area contributed by atoms with Crippen molar-refractivity contribution in [3.8, 4) is 17.0 Å². The standard InChI is InChI=1S/C15H16ClN3O4/c1-9(2)21-15(20)23-10(3)22-12-8-13(16)18-19-14(12)11-4-6-17-7-5-11/h4-10H,1-3H3. The summed E-state index contributed by atoms with van der Waals surface area (Å²) in [7, 11) is 0. The SMILES string of the molecule is CC(C)OC(=O)OC(C)Oc1cc(Cl)nnc1-c1ccncc1. The van der Waals surface area contributed by atoms with E-state index in [0.717, 1.165) is 5.56 Å². The zero-order valence-corrected chi connectivity index (χ0v) is 13.6. The maximum Gasteiger partial charge on any atom is 0.511 e. The van der Waals surface area contributed by atoms with Crippen LogP contribution in [0.5, 0.6) is 5.75 Å². The summed E-state index contributed by atoms with van der Waals surface area (Å²) in [5.41, 5.74) is 1.21. The predicted octanol–water partition coefficient (Wildman–Crippen LogP) is 3.48. The van der Waals surface area contributed by atoms with Gasteiger partial charge < -0.3 is 14.2 Å². The highest BCUT2D eigenvalue weighted by Gasteiger charge is 2.17. The van der Waals surface area contributed by atoms with Gasteiger partial charge in [-0.1, -0.05) is 11.6 Å². The molecule has 0 aromatic carbocycles. The zero-order valence-electron chi connectivity index (χ0n) is 12.9. The Labute approximate surface area is 138 Å². The third-order valence-electron chi connectivity index (χ3n) is 2.57. The number of nitrogens with zero attached hydrogens (tertiary/aromatic N) is 3. The van der Waals surface area contributed by atoms with Crippen LogP contribution in [0.2, 0.25) is 5.15 Å². The van der Waals surface area contributed by atoms with Gasteiger partial charge in [-0.05, 0) is 26.0 Å². The second-order valence-electron chi connectivity index (χ2n) is 4.84. The topological polar surface area (TPSA) is 83.4 Å². The molecule has 1 unspecified atom stereocenters. The Hall–Kier alpha value is -2.41. The van der Waals surface area contributed by atoms with E-state index in [-0.39, 0.29) is 11.3 Å². The van der Waals surface area contributed by atoms with E-state index in [1.807, 2.05) is 0 Å². The van der Waals surface area contributed by atoms with Gasteiger partial charge in [0.05, 0.1) is 6.10 Å². The van der Waals surface area contributed by atoms with Crippen molar-refractivity contribution in [3.63, 3.8) is 0 Å². The molecule has 7 nitrogen and oxygen atoms in total. The van der Waals surface area contributed by atoms with Crippen LogP contribution in [0.1, 0.15) is 20.8 Å². The number of hydrogen-bond donors (Lipinski definition) is 0. The Morgan fingerprint density at radius 3 is 2.48 bits per heavy atom. The summed E-state index contributed by atoms with van der Waals surface area (Å²) in [6.45, 7) is 5.01. The van der Waals surface area contributed by atoms with Crippen molar-refractivity contribution in [1.29, 1.82) is 0 Å². The number of halogens is 1. The van der Waals surface area contributed by atoms with Gasteiger partial charge in [0.25, 0.3) is 0 Å². The van der Waals surface area contributed by atoms with Gasteiger partial charge in [-0.3, -0.25) is 4.98 Å². The molecule has 23 heavy (non-hydrogen) atoms. The minimum absolute atomic E-state index is 0.162. The molecule has 0 aliphatic carbocycles. The molecule has 0 saturated heterocycles. The summed E-state index contributed by atoms with van der Waals surface area (Å²) >= 11 is 5.86. The second-order valence-corrected chi connectivity index (χ2v) is 5.22. The first kappa shape index (κ1) is 17.0. The van der Waals surface area contributed by atoms with Crippen LogP contribution < -0.4 is 4.74 Å². The lowest BCUT2D eigenvalue weighted by molar-refractivity contribution is -0.0605. The minimum Gasteiger partial charge on any atom is -0.452 e. The molecule has 0 spiro atoms. The molecular formula is C15H16ClN3O4. The van der Waals surface area contributed by atoms with Crippen molar-refractivity contribution in [2.24, 2.45) is 0 Å². The fourth-order valence-electron chi connectivity index (χ4n) is 1.71. The van der Waals surface area contributed by atoms with E-state index in [9.17, 15) is 4.79 Å². The van der Waals surface area contributed by atoms with Crippen LogP contribution in [0.3, 0.4) is 0 Å². The molecular weight excluding hydrogens is 322 g/mol. The van der Waals surface area contributed by atoms with Crippen molar-refractivity contribution in [2.45, 2.75) is 33.2 Å². The smallest absolute Gasteiger partial charge is 0.452 e. The Balaban J connectivity index is 2.16. The molecule has 0 saturated carbocycles. The monoisotopic (exact) mass is 337 g/mol. The molecule has 0 aliphatic heterocycles. The Morgan fingerprint density at radius 1 is 1.13 bits per heavy atom. The van der Waals surface area contributed by atoms with Crippen LogP contribution in [0, 0.1) is 0 Å². The normalized spacial score (nSPS) is 11.9. The van der Waals surface area contributed by atoms with Crippen molar-refractivity contribution in [1.82, 2.24) is 15.2 Å². The first-order chi connectivity index (χ1) is 11.0. The quantitative estimate of drug-likeness (QED) is 0.610. The van der Waals surface area contributed by atoms with Gasteiger partial charge >= 0.3 is 6.16 Å². The molecule has 0 N–H and O–H groups in total. The molecule has 0 radical (unpaired) electrons. The second kappa shape index (κ2) is 7.73. The summed E-state index contributed by atoms with van der Waals surface area (Å²) in [5, 5.41) is 7.99. The summed E-state index contributed by atoms with van der Waals surface area (Å²) in [4.78, 5) is 15.4. The lowest BCUT2D eigenvalue weighted by Crippen LogP contribution is -2.23. The molecule has 2 aromatic heterocycles. The Morgan fingerprint density at radius 2 is 1.83 bits per heavy atom. The minimum atomic E-state index is -0.887. The highest BCUT2D eigenvalue weighted by atomic mass is 35.5. The fraction of sp³-hybridized carbons (Fsp3) is 0.333. The van der Waals surface area contributed by atoms with Crippen LogP contribution in [-0.2, 0) is 9.47 Å². The third kappa shape index (κ3) is 5.07. The fourth-order valence-corrected chi connectivity index (χ4v) is 1.85. The van der Waals surface area contributed by atoms with E-state index in [1.54, 1.807) is 45.3 Å². The highest BCUT2D eigenvalue weighted by Crippen LogP contribution is 2.29. The molecule has 2 heterocycles. The van der Waals surface area contributed by atoms with Gasteiger partial charge in [0.15, 0.2) is 10.9 Å². The number of ether oxygens (including phenoxy) is 3. The van der Waals surface area contributed by atoms with E-state index in [0.29, 0.717) is 11.4 Å². The van der Waals surface area contributed by atoms with E-state index in [4.69, 9.17) is 25.8 Å². The number of carbonyl (C=O) groups excluding carboxylic acids is 1. The Kier molecular flexibility index (Phi) is 5.70.